The van der Waals surface area contributed by atoms with Gasteiger partial charge in [-0.05, 0) is 0 Å². The van der Waals surface area contributed by atoms with Crippen LogP contribution in [0.5, 0.6) is 0 Å². The Kier molecular flexibility index (Phi) is 0.768. The molecule has 0 aliphatic heterocycles. The molecule has 0 spiro atoms. The molecule has 4 nitrogen and oxygen atoms in total. The second kappa shape index (κ2) is 1.47. The van der Waals surface area contributed by atoms with Crippen LogP contribution in [-0.2, 0) is 0 Å². The maximum Gasteiger partial charge on any atom is 0.273 e. The average molecular weight is 135 g/mol. The number of nitrogens with zero attached hydrogens (tertiary/aromatic N) is 2. The zero-order valence-electron chi connectivity index (χ0n) is 5.16. The van der Waals surface area contributed by atoms with Crippen LogP contribution in [0, 0.1) is 0 Å². The molecule has 0 amide bonds. The molecule has 2 aromatic heterocycles. The van der Waals surface area contributed by atoms with Crippen LogP contribution in [0.15, 0.2) is 17.2 Å². The number of hydrogen-bond donors (Lipinski definition) is 1. The molecule has 0 aliphatic carbocycles. The van der Waals surface area contributed by atoms with E-state index >= 15 is 0 Å². The van der Waals surface area contributed by atoms with Crippen molar-refractivity contribution in [3.8, 4) is 0 Å². The van der Waals surface area contributed by atoms with E-state index in [9.17, 15) is 4.79 Å². The van der Waals surface area contributed by atoms with E-state index in [4.69, 9.17) is 0 Å². The minimum Gasteiger partial charge on any atom is -0.267 e. The van der Waals surface area contributed by atoms with Crippen LogP contribution >= 0.6 is 0 Å². The van der Waals surface area contributed by atoms with Crippen molar-refractivity contribution in [1.29, 1.82) is 0 Å². The predicted molar refractivity (Wildman–Crippen MR) is 36.6 cm³/mol. The van der Waals surface area contributed by atoms with Gasteiger partial charge < -0.3 is 0 Å². The van der Waals surface area contributed by atoms with E-state index in [1.165, 1.54) is 0 Å². The quantitative estimate of drug-likeness (QED) is 0.511. The van der Waals surface area contributed by atoms with Crippen LogP contribution in [0.1, 0.15) is 0 Å². The molecule has 0 bridgehead atoms. The van der Waals surface area contributed by atoms with Gasteiger partial charge >= 0.3 is 0 Å². The first-order chi connectivity index (χ1) is 4.79. The monoisotopic (exact) mass is 135 g/mol. The predicted octanol–water partition coefficient (Wildman–Crippen LogP) is -0.848. The summed E-state index contributed by atoms with van der Waals surface area (Å²) in [6, 6.07) is 0. The van der Waals surface area contributed by atoms with Crippen LogP contribution in [0.25, 0.3) is 12.2 Å². The normalized spacial score (nSPS) is 10.8. The summed E-state index contributed by atoms with van der Waals surface area (Å²) in [5, 5.41) is 2.96. The molecule has 2 rings (SSSR count). The minimum absolute atomic E-state index is 0.178. The van der Waals surface area contributed by atoms with Crippen molar-refractivity contribution in [2.24, 2.45) is 0 Å². The third-order valence-corrected chi connectivity index (χ3v) is 1.41. The molecule has 2 aromatic rings. The van der Waals surface area contributed by atoms with Gasteiger partial charge in [-0.25, -0.2) is 9.50 Å². The zero-order chi connectivity index (χ0) is 7.14. The maximum absolute atomic E-state index is 10.8. The molecule has 0 saturated heterocycles. The van der Waals surface area contributed by atoms with Crippen LogP contribution < -0.4 is 10.8 Å². The number of H-pyrrole nitrogens is 1. The maximum atomic E-state index is 10.8. The van der Waals surface area contributed by atoms with Crippen LogP contribution in [0.3, 0.4) is 0 Å². The fourth-order valence-electron chi connectivity index (χ4n) is 0.895. The van der Waals surface area contributed by atoms with E-state index in [1.54, 1.807) is 16.9 Å². The highest BCUT2D eigenvalue weighted by Crippen LogP contribution is 1.84. The Hall–Kier alpha value is -1.58. The standard InChI is InChI=1S/C6H5N3O/c1-4-5-7-2-3-9(5)8-6(4)10/h2-3H,1H2,(H,8,10). The van der Waals surface area contributed by atoms with Crippen LogP contribution in [0.2, 0.25) is 0 Å². The summed E-state index contributed by atoms with van der Waals surface area (Å²) < 4.78 is 1.55. The molecule has 0 unspecified atom stereocenters. The molecule has 0 atom stereocenters. The van der Waals surface area contributed by atoms with E-state index in [1.807, 2.05) is 0 Å². The molecule has 2 heterocycles. The average Bonchev–Trinajstić information content (AvgIpc) is 2.41. The molecule has 50 valence electrons. The lowest BCUT2D eigenvalue weighted by molar-refractivity contribution is 0.948. The fourth-order valence-corrected chi connectivity index (χ4v) is 0.895. The Balaban J connectivity index is 3.24. The topological polar surface area (TPSA) is 50.2 Å². The van der Waals surface area contributed by atoms with Gasteiger partial charge in [-0.2, -0.15) is 0 Å². The molecule has 0 aromatic carbocycles. The third kappa shape index (κ3) is 0.452. The summed E-state index contributed by atoms with van der Waals surface area (Å²) >= 11 is 0. The number of aromatic nitrogens is 3. The highest BCUT2D eigenvalue weighted by Gasteiger charge is 1.98. The van der Waals surface area contributed by atoms with Crippen LogP contribution in [0.4, 0.5) is 0 Å². The highest BCUT2D eigenvalue weighted by molar-refractivity contribution is 5.39. The Labute approximate surface area is 55.8 Å². The van der Waals surface area contributed by atoms with Crippen molar-refractivity contribution in [3.63, 3.8) is 0 Å². The summed E-state index contributed by atoms with van der Waals surface area (Å²) in [6.45, 7) is 3.55. The first-order valence-corrected chi connectivity index (χ1v) is 2.83. The van der Waals surface area contributed by atoms with E-state index < -0.39 is 0 Å². The van der Waals surface area contributed by atoms with E-state index in [0.717, 1.165) is 0 Å². The van der Waals surface area contributed by atoms with E-state index in [2.05, 4.69) is 16.7 Å². The Morgan fingerprint density at radius 3 is 3.20 bits per heavy atom. The summed E-state index contributed by atoms with van der Waals surface area (Å²) in [7, 11) is 0. The minimum atomic E-state index is -0.178. The fraction of sp³-hybridized carbons (Fsp3) is 0. The molecular weight excluding hydrogens is 130 g/mol. The zero-order valence-corrected chi connectivity index (χ0v) is 5.16. The molecule has 4 heteroatoms. The van der Waals surface area contributed by atoms with Gasteiger partial charge in [0.25, 0.3) is 5.56 Å². The molecule has 0 aliphatic rings. The Morgan fingerprint density at radius 1 is 1.70 bits per heavy atom. The number of hydrogen-bond acceptors (Lipinski definition) is 2. The molecule has 0 saturated carbocycles. The number of rotatable bonds is 0. The van der Waals surface area contributed by atoms with Gasteiger partial charge in [0.05, 0.1) is 5.22 Å². The second-order valence-corrected chi connectivity index (χ2v) is 2.04. The van der Waals surface area contributed by atoms with Crippen molar-refractivity contribution < 1.29 is 0 Å². The first kappa shape index (κ1) is 5.22. The number of fused-ring (bicyclic) bond motifs is 1. The van der Waals surface area contributed by atoms with Gasteiger partial charge in [-0.3, -0.25) is 9.89 Å². The summed E-state index contributed by atoms with van der Waals surface area (Å²) in [5.74, 6) is 0. The largest absolute Gasteiger partial charge is 0.273 e. The molecule has 0 fully saturated rings. The van der Waals surface area contributed by atoms with Gasteiger partial charge in [0.15, 0.2) is 5.65 Å². The molecular formula is C6H5N3O. The number of aromatic amines is 1. The number of imidazole rings is 1. The van der Waals surface area contributed by atoms with Gasteiger partial charge in [-0.15, -0.1) is 0 Å². The Morgan fingerprint density at radius 2 is 2.50 bits per heavy atom. The van der Waals surface area contributed by atoms with Gasteiger partial charge in [0.2, 0.25) is 0 Å². The van der Waals surface area contributed by atoms with Crippen molar-refractivity contribution in [2.75, 3.05) is 0 Å². The van der Waals surface area contributed by atoms with Crippen molar-refractivity contribution in [2.45, 2.75) is 0 Å². The van der Waals surface area contributed by atoms with Crippen molar-refractivity contribution in [1.82, 2.24) is 14.6 Å². The van der Waals surface area contributed by atoms with Gasteiger partial charge in [0.1, 0.15) is 0 Å². The number of nitrogens with one attached hydrogen (secondary N) is 1. The smallest absolute Gasteiger partial charge is 0.267 e. The lowest BCUT2D eigenvalue weighted by Gasteiger charge is -1.74. The molecule has 1 N–H and O–H groups in total. The SMILES string of the molecule is C=c1c(=O)[nH]n2ccnc12. The molecule has 10 heavy (non-hydrogen) atoms. The lowest BCUT2D eigenvalue weighted by atomic mass is 10.5. The third-order valence-electron chi connectivity index (χ3n) is 1.41. The first-order valence-electron chi connectivity index (χ1n) is 2.83. The molecule has 0 radical (unpaired) electrons. The van der Waals surface area contributed by atoms with Gasteiger partial charge in [-0.1, -0.05) is 6.58 Å². The van der Waals surface area contributed by atoms with E-state index in [0.29, 0.717) is 10.9 Å². The van der Waals surface area contributed by atoms with E-state index in [-0.39, 0.29) is 5.56 Å². The second-order valence-electron chi connectivity index (χ2n) is 2.04. The Bertz CT molecular complexity index is 453. The highest BCUT2D eigenvalue weighted by atomic mass is 16.1. The summed E-state index contributed by atoms with van der Waals surface area (Å²) in [4.78, 5) is 14.7. The lowest BCUT2D eigenvalue weighted by Crippen LogP contribution is -2.19. The van der Waals surface area contributed by atoms with Crippen molar-refractivity contribution in [3.05, 3.63) is 28.0 Å². The van der Waals surface area contributed by atoms with Gasteiger partial charge in [0, 0.05) is 12.4 Å². The van der Waals surface area contributed by atoms with Crippen molar-refractivity contribution >= 4 is 12.2 Å². The summed E-state index contributed by atoms with van der Waals surface area (Å²) in [5.41, 5.74) is 0.424. The van der Waals surface area contributed by atoms with Crippen LogP contribution in [-0.4, -0.2) is 14.6 Å². The summed E-state index contributed by atoms with van der Waals surface area (Å²) in [6.07, 6.45) is 3.28.